The molecule has 0 bridgehead atoms. The van der Waals surface area contributed by atoms with Crippen LogP contribution in [0.2, 0.25) is 10.0 Å². The molecule has 0 unspecified atom stereocenters. The van der Waals surface area contributed by atoms with Gasteiger partial charge in [0.15, 0.2) is 0 Å². The van der Waals surface area contributed by atoms with E-state index in [-0.39, 0.29) is 0 Å². The maximum Gasteiger partial charge on any atom is 0.127 e. The molecular formula is C17H12Cl2O. The van der Waals surface area contributed by atoms with Crippen molar-refractivity contribution in [3.63, 3.8) is 0 Å². The van der Waals surface area contributed by atoms with Crippen LogP contribution in [-0.4, -0.2) is 0 Å². The fraction of sp³-hybridized carbons (Fsp3) is 0.0588. The standard InChI is InChI=1S/C17H12Cl2O/c18-15-9-8-12(10-16(15)19)11-20-17-7-3-5-13-4-1-2-6-14(13)17/h1-10H,11H2. The Hall–Kier alpha value is -1.70. The maximum atomic E-state index is 6.00. The molecule has 3 rings (SSSR count). The number of fused-ring (bicyclic) bond motifs is 1. The Labute approximate surface area is 127 Å². The van der Waals surface area contributed by atoms with E-state index in [1.165, 1.54) is 5.39 Å². The van der Waals surface area contributed by atoms with Crippen LogP contribution in [0.1, 0.15) is 5.56 Å². The summed E-state index contributed by atoms with van der Waals surface area (Å²) in [6.07, 6.45) is 0. The third-order valence-corrected chi connectivity index (χ3v) is 3.87. The van der Waals surface area contributed by atoms with E-state index >= 15 is 0 Å². The SMILES string of the molecule is Clc1ccc(COc2cccc3ccccc23)cc1Cl. The first kappa shape index (κ1) is 13.3. The summed E-state index contributed by atoms with van der Waals surface area (Å²) >= 11 is 11.9. The number of halogens is 2. The van der Waals surface area contributed by atoms with Crippen molar-refractivity contribution >= 4 is 34.0 Å². The molecule has 0 saturated carbocycles. The van der Waals surface area contributed by atoms with Crippen molar-refractivity contribution in [3.8, 4) is 5.75 Å². The predicted molar refractivity (Wildman–Crippen MR) is 84.7 cm³/mol. The van der Waals surface area contributed by atoms with Crippen molar-refractivity contribution in [2.75, 3.05) is 0 Å². The van der Waals surface area contributed by atoms with E-state index < -0.39 is 0 Å². The molecule has 0 aliphatic carbocycles. The Bertz CT molecular complexity index is 748. The summed E-state index contributed by atoms with van der Waals surface area (Å²) in [5.74, 6) is 0.870. The van der Waals surface area contributed by atoms with E-state index in [1.807, 2.05) is 36.4 Å². The minimum Gasteiger partial charge on any atom is -0.488 e. The third-order valence-electron chi connectivity index (χ3n) is 3.13. The smallest absolute Gasteiger partial charge is 0.127 e. The lowest BCUT2D eigenvalue weighted by molar-refractivity contribution is 0.310. The van der Waals surface area contributed by atoms with Crippen molar-refractivity contribution in [1.82, 2.24) is 0 Å². The zero-order valence-corrected chi connectivity index (χ0v) is 12.2. The van der Waals surface area contributed by atoms with Crippen LogP contribution in [0.3, 0.4) is 0 Å². The van der Waals surface area contributed by atoms with Crippen molar-refractivity contribution in [3.05, 3.63) is 76.3 Å². The highest BCUT2D eigenvalue weighted by atomic mass is 35.5. The summed E-state index contributed by atoms with van der Waals surface area (Å²) in [6, 6.07) is 19.7. The largest absolute Gasteiger partial charge is 0.488 e. The first-order valence-electron chi connectivity index (χ1n) is 6.28. The lowest BCUT2D eigenvalue weighted by Crippen LogP contribution is -1.96. The first-order chi connectivity index (χ1) is 9.74. The molecule has 0 aliphatic rings. The van der Waals surface area contributed by atoms with E-state index in [4.69, 9.17) is 27.9 Å². The Morgan fingerprint density at radius 3 is 2.45 bits per heavy atom. The molecule has 0 aliphatic heterocycles. The van der Waals surface area contributed by atoms with Crippen molar-refractivity contribution in [2.45, 2.75) is 6.61 Å². The second-order valence-corrected chi connectivity index (χ2v) is 5.33. The Morgan fingerprint density at radius 2 is 1.60 bits per heavy atom. The topological polar surface area (TPSA) is 9.23 Å². The summed E-state index contributed by atoms with van der Waals surface area (Å²) in [5.41, 5.74) is 0.993. The van der Waals surface area contributed by atoms with Gasteiger partial charge in [-0.25, -0.2) is 0 Å². The molecule has 3 aromatic carbocycles. The van der Waals surface area contributed by atoms with Gasteiger partial charge in [0.25, 0.3) is 0 Å². The van der Waals surface area contributed by atoms with Gasteiger partial charge in [-0.1, -0.05) is 65.7 Å². The Balaban J connectivity index is 1.85. The monoisotopic (exact) mass is 302 g/mol. The van der Waals surface area contributed by atoms with Crippen LogP contribution in [-0.2, 0) is 6.61 Å². The van der Waals surface area contributed by atoms with Crippen LogP contribution < -0.4 is 4.74 Å². The molecule has 0 heterocycles. The number of hydrogen-bond donors (Lipinski definition) is 0. The van der Waals surface area contributed by atoms with Gasteiger partial charge >= 0.3 is 0 Å². The first-order valence-corrected chi connectivity index (χ1v) is 7.04. The highest BCUT2D eigenvalue weighted by Crippen LogP contribution is 2.27. The molecule has 0 saturated heterocycles. The van der Waals surface area contributed by atoms with E-state index in [2.05, 4.69) is 18.2 Å². The van der Waals surface area contributed by atoms with Crippen molar-refractivity contribution < 1.29 is 4.74 Å². The number of hydrogen-bond acceptors (Lipinski definition) is 1. The second-order valence-electron chi connectivity index (χ2n) is 4.51. The minimum atomic E-state index is 0.463. The molecule has 1 nitrogen and oxygen atoms in total. The molecule has 0 aromatic heterocycles. The summed E-state index contributed by atoms with van der Waals surface area (Å²) < 4.78 is 5.90. The molecule has 0 N–H and O–H groups in total. The van der Waals surface area contributed by atoms with E-state index in [1.54, 1.807) is 6.07 Å². The van der Waals surface area contributed by atoms with Crippen LogP contribution in [0.15, 0.2) is 60.7 Å². The zero-order chi connectivity index (χ0) is 13.9. The van der Waals surface area contributed by atoms with Crippen LogP contribution in [0.5, 0.6) is 5.75 Å². The molecule has 0 amide bonds. The van der Waals surface area contributed by atoms with Crippen LogP contribution in [0.4, 0.5) is 0 Å². The van der Waals surface area contributed by atoms with Gasteiger partial charge in [-0.05, 0) is 29.1 Å². The Kier molecular flexibility index (Phi) is 3.81. The Morgan fingerprint density at radius 1 is 0.800 bits per heavy atom. The number of rotatable bonds is 3. The van der Waals surface area contributed by atoms with Crippen molar-refractivity contribution in [2.24, 2.45) is 0 Å². The fourth-order valence-corrected chi connectivity index (χ4v) is 2.43. The van der Waals surface area contributed by atoms with E-state index in [0.29, 0.717) is 16.7 Å². The average Bonchev–Trinajstić information content (AvgIpc) is 2.48. The molecule has 0 radical (unpaired) electrons. The van der Waals surface area contributed by atoms with Gasteiger partial charge < -0.3 is 4.74 Å². The third kappa shape index (κ3) is 2.74. The van der Waals surface area contributed by atoms with E-state index in [9.17, 15) is 0 Å². The molecular weight excluding hydrogens is 291 g/mol. The molecule has 0 fully saturated rings. The molecule has 20 heavy (non-hydrogen) atoms. The highest BCUT2D eigenvalue weighted by Gasteiger charge is 2.03. The number of benzene rings is 3. The summed E-state index contributed by atoms with van der Waals surface area (Å²) in [5, 5.41) is 3.38. The summed E-state index contributed by atoms with van der Waals surface area (Å²) in [4.78, 5) is 0. The van der Waals surface area contributed by atoms with Gasteiger partial charge in [0.2, 0.25) is 0 Å². The average molecular weight is 303 g/mol. The second kappa shape index (κ2) is 5.74. The molecule has 0 spiro atoms. The summed E-state index contributed by atoms with van der Waals surface area (Å²) in [6.45, 7) is 0.463. The fourth-order valence-electron chi connectivity index (χ4n) is 2.11. The zero-order valence-electron chi connectivity index (χ0n) is 10.6. The minimum absolute atomic E-state index is 0.463. The van der Waals surface area contributed by atoms with Gasteiger partial charge in [0, 0.05) is 5.39 Å². The normalized spacial score (nSPS) is 10.7. The molecule has 100 valence electrons. The van der Waals surface area contributed by atoms with Crippen LogP contribution in [0, 0.1) is 0 Å². The predicted octanol–water partition coefficient (Wildman–Crippen LogP) is 5.73. The van der Waals surface area contributed by atoms with Crippen molar-refractivity contribution in [1.29, 1.82) is 0 Å². The van der Waals surface area contributed by atoms with Gasteiger partial charge in [-0.2, -0.15) is 0 Å². The van der Waals surface area contributed by atoms with E-state index in [0.717, 1.165) is 16.7 Å². The summed E-state index contributed by atoms with van der Waals surface area (Å²) in [7, 11) is 0. The lowest BCUT2D eigenvalue weighted by atomic mass is 10.1. The van der Waals surface area contributed by atoms with Gasteiger partial charge in [0.1, 0.15) is 12.4 Å². The molecule has 0 atom stereocenters. The molecule has 3 heteroatoms. The van der Waals surface area contributed by atoms with Gasteiger partial charge in [-0.3, -0.25) is 0 Å². The quantitative estimate of drug-likeness (QED) is 0.600. The van der Waals surface area contributed by atoms with Gasteiger partial charge in [-0.15, -0.1) is 0 Å². The number of ether oxygens (including phenoxy) is 1. The lowest BCUT2D eigenvalue weighted by Gasteiger charge is -2.10. The van der Waals surface area contributed by atoms with Crippen LogP contribution in [0.25, 0.3) is 10.8 Å². The highest BCUT2D eigenvalue weighted by molar-refractivity contribution is 6.42. The van der Waals surface area contributed by atoms with Crippen LogP contribution >= 0.6 is 23.2 Å². The maximum absolute atomic E-state index is 6.00. The van der Waals surface area contributed by atoms with Gasteiger partial charge in [0.05, 0.1) is 10.0 Å². The molecule has 3 aromatic rings.